The smallest absolute Gasteiger partial charge is 0.237 e. The van der Waals surface area contributed by atoms with Gasteiger partial charge in [-0.05, 0) is 46.1 Å². The fourth-order valence-electron chi connectivity index (χ4n) is 2.95. The standard InChI is InChI=1S/C16H29N3O/c1-4-18(10-13(2)3)16(20)12-19(15-7-8-15)11-14-6-5-9-17-14/h14-15,17H,2,4-12H2,1,3H3. The van der Waals surface area contributed by atoms with Gasteiger partial charge in [0.25, 0.3) is 0 Å². The summed E-state index contributed by atoms with van der Waals surface area (Å²) >= 11 is 0. The molecule has 4 nitrogen and oxygen atoms in total. The van der Waals surface area contributed by atoms with Gasteiger partial charge in [0, 0.05) is 31.7 Å². The molecule has 0 radical (unpaired) electrons. The van der Waals surface area contributed by atoms with Gasteiger partial charge in [-0.1, -0.05) is 12.2 Å². The second-order valence-corrected chi connectivity index (χ2v) is 6.32. The number of nitrogens with one attached hydrogen (secondary N) is 1. The average molecular weight is 279 g/mol. The minimum absolute atomic E-state index is 0.250. The quantitative estimate of drug-likeness (QED) is 0.686. The summed E-state index contributed by atoms with van der Waals surface area (Å²) in [5.41, 5.74) is 1.05. The van der Waals surface area contributed by atoms with E-state index in [2.05, 4.69) is 16.8 Å². The molecule has 2 fully saturated rings. The fraction of sp³-hybridized carbons (Fsp3) is 0.812. The van der Waals surface area contributed by atoms with Gasteiger partial charge in [0.05, 0.1) is 6.54 Å². The van der Waals surface area contributed by atoms with Gasteiger partial charge < -0.3 is 10.2 Å². The van der Waals surface area contributed by atoms with Crippen LogP contribution in [0.1, 0.15) is 39.5 Å². The summed E-state index contributed by atoms with van der Waals surface area (Å²) in [6, 6.07) is 1.23. The predicted molar refractivity (Wildman–Crippen MR) is 82.7 cm³/mol. The highest BCUT2D eigenvalue weighted by molar-refractivity contribution is 5.78. The van der Waals surface area contributed by atoms with Crippen molar-refractivity contribution in [1.82, 2.24) is 15.1 Å². The van der Waals surface area contributed by atoms with Crippen molar-refractivity contribution in [3.63, 3.8) is 0 Å². The first kappa shape index (κ1) is 15.5. The largest absolute Gasteiger partial charge is 0.338 e. The number of likely N-dealkylation sites (N-methyl/N-ethyl adjacent to an activating group) is 1. The third kappa shape index (κ3) is 4.60. The van der Waals surface area contributed by atoms with Gasteiger partial charge in [0.15, 0.2) is 0 Å². The van der Waals surface area contributed by atoms with Crippen LogP contribution in [0.4, 0.5) is 0 Å². The summed E-state index contributed by atoms with van der Waals surface area (Å²) in [6.07, 6.45) is 5.04. The Balaban J connectivity index is 1.86. The molecule has 0 spiro atoms. The van der Waals surface area contributed by atoms with Crippen LogP contribution in [0.2, 0.25) is 0 Å². The molecule has 20 heavy (non-hydrogen) atoms. The third-order valence-corrected chi connectivity index (χ3v) is 4.21. The Kier molecular flexibility index (Phi) is 5.61. The molecule has 1 unspecified atom stereocenters. The lowest BCUT2D eigenvalue weighted by Crippen LogP contribution is -2.45. The fourth-order valence-corrected chi connectivity index (χ4v) is 2.95. The van der Waals surface area contributed by atoms with Crippen molar-refractivity contribution in [2.75, 3.05) is 32.7 Å². The Morgan fingerprint density at radius 1 is 1.30 bits per heavy atom. The molecule has 1 N–H and O–H groups in total. The minimum Gasteiger partial charge on any atom is -0.338 e. The molecule has 1 atom stereocenters. The van der Waals surface area contributed by atoms with E-state index in [-0.39, 0.29) is 5.91 Å². The number of carbonyl (C=O) groups excluding carboxylic acids is 1. The molecule has 1 aliphatic carbocycles. The first-order valence-electron chi connectivity index (χ1n) is 7.99. The Morgan fingerprint density at radius 3 is 2.55 bits per heavy atom. The van der Waals surface area contributed by atoms with Crippen LogP contribution in [0, 0.1) is 0 Å². The van der Waals surface area contributed by atoms with E-state index in [1.165, 1.54) is 25.7 Å². The van der Waals surface area contributed by atoms with Gasteiger partial charge in [-0.3, -0.25) is 9.69 Å². The van der Waals surface area contributed by atoms with Crippen LogP contribution in [-0.2, 0) is 4.79 Å². The molecule has 4 heteroatoms. The van der Waals surface area contributed by atoms with E-state index in [0.717, 1.165) is 25.2 Å². The van der Waals surface area contributed by atoms with Gasteiger partial charge in [-0.25, -0.2) is 0 Å². The lowest BCUT2D eigenvalue weighted by Gasteiger charge is -2.28. The third-order valence-electron chi connectivity index (χ3n) is 4.21. The molecular weight excluding hydrogens is 250 g/mol. The number of carbonyl (C=O) groups is 1. The Hall–Kier alpha value is -0.870. The molecule has 1 saturated heterocycles. The molecule has 114 valence electrons. The predicted octanol–water partition coefficient (Wildman–Crippen LogP) is 1.63. The van der Waals surface area contributed by atoms with Gasteiger partial charge in [0.1, 0.15) is 0 Å². The molecular formula is C16H29N3O. The van der Waals surface area contributed by atoms with E-state index in [0.29, 0.717) is 25.2 Å². The minimum atomic E-state index is 0.250. The normalized spacial score (nSPS) is 22.2. The van der Waals surface area contributed by atoms with Crippen molar-refractivity contribution in [2.45, 2.75) is 51.6 Å². The van der Waals surface area contributed by atoms with Crippen LogP contribution in [0.5, 0.6) is 0 Å². The molecule has 1 aliphatic heterocycles. The maximum atomic E-state index is 12.4. The molecule has 1 heterocycles. The molecule has 0 aromatic rings. The van der Waals surface area contributed by atoms with E-state index < -0.39 is 0 Å². The van der Waals surface area contributed by atoms with Gasteiger partial charge in [-0.2, -0.15) is 0 Å². The summed E-state index contributed by atoms with van der Waals surface area (Å²) < 4.78 is 0. The van der Waals surface area contributed by atoms with Gasteiger partial charge >= 0.3 is 0 Å². The topological polar surface area (TPSA) is 35.6 Å². The Labute approximate surface area is 123 Å². The van der Waals surface area contributed by atoms with Crippen LogP contribution in [0.3, 0.4) is 0 Å². The molecule has 2 rings (SSSR count). The number of rotatable bonds is 8. The summed E-state index contributed by atoms with van der Waals surface area (Å²) in [5.74, 6) is 0.250. The van der Waals surface area contributed by atoms with Crippen LogP contribution < -0.4 is 5.32 Å². The van der Waals surface area contributed by atoms with Crippen molar-refractivity contribution in [2.24, 2.45) is 0 Å². The Bertz CT molecular complexity index is 346. The van der Waals surface area contributed by atoms with E-state index in [9.17, 15) is 4.79 Å². The second-order valence-electron chi connectivity index (χ2n) is 6.32. The number of hydrogen-bond donors (Lipinski definition) is 1. The first-order chi connectivity index (χ1) is 9.60. The summed E-state index contributed by atoms with van der Waals surface area (Å²) in [5, 5.41) is 3.54. The second kappa shape index (κ2) is 7.23. The van der Waals surface area contributed by atoms with Crippen LogP contribution in [0.15, 0.2) is 12.2 Å². The van der Waals surface area contributed by atoms with Crippen LogP contribution >= 0.6 is 0 Å². The van der Waals surface area contributed by atoms with Crippen LogP contribution in [-0.4, -0.2) is 60.5 Å². The highest BCUT2D eigenvalue weighted by Gasteiger charge is 2.33. The molecule has 0 bridgehead atoms. The Morgan fingerprint density at radius 2 is 2.05 bits per heavy atom. The van der Waals surface area contributed by atoms with Crippen LogP contribution in [0.25, 0.3) is 0 Å². The molecule has 0 aromatic heterocycles. The maximum Gasteiger partial charge on any atom is 0.237 e. The van der Waals surface area contributed by atoms with Crippen molar-refractivity contribution in [3.05, 3.63) is 12.2 Å². The SMILES string of the molecule is C=C(C)CN(CC)C(=O)CN(CC1CCCN1)C1CC1. The van der Waals surface area contributed by atoms with E-state index in [1.807, 2.05) is 18.7 Å². The van der Waals surface area contributed by atoms with Crippen molar-refractivity contribution >= 4 is 5.91 Å². The summed E-state index contributed by atoms with van der Waals surface area (Å²) in [6.45, 7) is 12.1. The van der Waals surface area contributed by atoms with E-state index in [4.69, 9.17) is 0 Å². The molecule has 2 aliphatic rings. The zero-order chi connectivity index (χ0) is 14.5. The summed E-state index contributed by atoms with van der Waals surface area (Å²) in [7, 11) is 0. The number of hydrogen-bond acceptors (Lipinski definition) is 3. The highest BCUT2D eigenvalue weighted by Crippen LogP contribution is 2.27. The van der Waals surface area contributed by atoms with Crippen molar-refractivity contribution < 1.29 is 4.79 Å². The zero-order valence-electron chi connectivity index (χ0n) is 13.0. The first-order valence-corrected chi connectivity index (χ1v) is 7.99. The van der Waals surface area contributed by atoms with E-state index >= 15 is 0 Å². The number of nitrogens with zero attached hydrogens (tertiary/aromatic N) is 2. The lowest BCUT2D eigenvalue weighted by atomic mass is 10.2. The average Bonchev–Trinajstić information content (AvgIpc) is 3.13. The summed E-state index contributed by atoms with van der Waals surface area (Å²) in [4.78, 5) is 16.8. The van der Waals surface area contributed by atoms with E-state index in [1.54, 1.807) is 0 Å². The number of amides is 1. The van der Waals surface area contributed by atoms with Crippen molar-refractivity contribution in [1.29, 1.82) is 0 Å². The molecule has 0 aromatic carbocycles. The highest BCUT2D eigenvalue weighted by atomic mass is 16.2. The molecule has 1 saturated carbocycles. The van der Waals surface area contributed by atoms with Crippen molar-refractivity contribution in [3.8, 4) is 0 Å². The molecule has 1 amide bonds. The monoisotopic (exact) mass is 279 g/mol. The van der Waals surface area contributed by atoms with Gasteiger partial charge in [-0.15, -0.1) is 0 Å². The zero-order valence-corrected chi connectivity index (χ0v) is 13.0. The lowest BCUT2D eigenvalue weighted by molar-refractivity contribution is -0.132. The van der Waals surface area contributed by atoms with Gasteiger partial charge in [0.2, 0.25) is 5.91 Å². The maximum absolute atomic E-state index is 12.4.